The molecular weight excluding hydrogens is 356 g/mol. The van der Waals surface area contributed by atoms with Crippen LogP contribution in [0, 0.1) is 6.92 Å². The summed E-state index contributed by atoms with van der Waals surface area (Å²) in [5, 5.41) is 6.83. The van der Waals surface area contributed by atoms with Crippen molar-refractivity contribution in [1.29, 1.82) is 0 Å². The number of aromatic nitrogens is 2. The van der Waals surface area contributed by atoms with E-state index in [9.17, 15) is 4.79 Å². The maximum absolute atomic E-state index is 11.7. The summed E-state index contributed by atoms with van der Waals surface area (Å²) in [6.45, 7) is 3.36. The van der Waals surface area contributed by atoms with Crippen molar-refractivity contribution >= 4 is 35.0 Å². The topological polar surface area (TPSA) is 85.4 Å². The molecule has 2 N–H and O–H groups in total. The van der Waals surface area contributed by atoms with Crippen molar-refractivity contribution in [2.24, 2.45) is 0 Å². The lowest BCUT2D eigenvalue weighted by Crippen LogP contribution is -2.20. The number of benzene rings is 1. The van der Waals surface area contributed by atoms with Crippen molar-refractivity contribution in [3.63, 3.8) is 0 Å². The summed E-state index contributed by atoms with van der Waals surface area (Å²) in [5.41, 5.74) is 1.78. The van der Waals surface area contributed by atoms with Crippen LogP contribution in [0.15, 0.2) is 24.3 Å². The number of nitrogens with zero attached hydrogens (tertiary/aromatic N) is 2. The molecule has 0 spiro atoms. The van der Waals surface area contributed by atoms with Crippen LogP contribution in [0.1, 0.15) is 28.9 Å². The van der Waals surface area contributed by atoms with E-state index in [1.54, 1.807) is 24.3 Å². The second kappa shape index (κ2) is 8.33. The first kappa shape index (κ1) is 18.4. The molecule has 0 amide bonds. The average Bonchev–Trinajstić information content (AvgIpc) is 3.14. The van der Waals surface area contributed by atoms with Crippen molar-refractivity contribution in [1.82, 2.24) is 9.97 Å². The van der Waals surface area contributed by atoms with Crippen LogP contribution in [0.4, 0.5) is 17.5 Å². The van der Waals surface area contributed by atoms with Crippen molar-refractivity contribution in [3.8, 4) is 0 Å². The lowest BCUT2D eigenvalue weighted by atomic mass is 10.2. The molecule has 1 unspecified atom stereocenters. The number of carbonyl (C=O) groups is 1. The first-order valence-electron chi connectivity index (χ1n) is 8.41. The monoisotopic (exact) mass is 376 g/mol. The van der Waals surface area contributed by atoms with Gasteiger partial charge in [0, 0.05) is 24.9 Å². The van der Waals surface area contributed by atoms with Gasteiger partial charge in [-0.15, -0.1) is 0 Å². The molecule has 1 saturated heterocycles. The maximum Gasteiger partial charge on any atom is 0.337 e. The number of esters is 1. The van der Waals surface area contributed by atoms with Crippen LogP contribution in [-0.2, 0) is 9.47 Å². The van der Waals surface area contributed by atoms with E-state index in [-0.39, 0.29) is 6.10 Å². The van der Waals surface area contributed by atoms with E-state index < -0.39 is 5.97 Å². The van der Waals surface area contributed by atoms with Gasteiger partial charge in [0.1, 0.15) is 5.82 Å². The lowest BCUT2D eigenvalue weighted by molar-refractivity contribution is 0.0601. The number of hydrogen-bond donors (Lipinski definition) is 2. The van der Waals surface area contributed by atoms with Gasteiger partial charge < -0.3 is 20.1 Å². The smallest absolute Gasteiger partial charge is 0.337 e. The zero-order valence-electron chi connectivity index (χ0n) is 14.7. The third-order valence-corrected chi connectivity index (χ3v) is 4.35. The molecule has 1 aliphatic heterocycles. The Labute approximate surface area is 157 Å². The maximum atomic E-state index is 11.7. The predicted octanol–water partition coefficient (Wildman–Crippen LogP) is 3.56. The van der Waals surface area contributed by atoms with Gasteiger partial charge in [-0.3, -0.25) is 0 Å². The molecule has 2 heterocycles. The molecule has 0 radical (unpaired) electrons. The summed E-state index contributed by atoms with van der Waals surface area (Å²) in [7, 11) is 1.34. The van der Waals surface area contributed by atoms with Gasteiger partial charge in [-0.2, -0.15) is 4.98 Å². The van der Waals surface area contributed by atoms with Gasteiger partial charge in [0.15, 0.2) is 0 Å². The number of carbonyl (C=O) groups excluding carboxylic acids is 1. The fourth-order valence-corrected chi connectivity index (χ4v) is 2.89. The summed E-state index contributed by atoms with van der Waals surface area (Å²) in [4.78, 5) is 20.6. The second-order valence-electron chi connectivity index (χ2n) is 6.05. The molecule has 0 aliphatic carbocycles. The largest absolute Gasteiger partial charge is 0.465 e. The van der Waals surface area contributed by atoms with Crippen LogP contribution >= 0.6 is 11.6 Å². The Bertz CT molecular complexity index is 794. The Morgan fingerprint density at radius 1 is 1.38 bits per heavy atom. The third-order valence-electron chi connectivity index (χ3n) is 4.02. The van der Waals surface area contributed by atoms with Crippen LogP contribution in [0.2, 0.25) is 5.02 Å². The van der Waals surface area contributed by atoms with Crippen molar-refractivity contribution in [2.45, 2.75) is 25.9 Å². The Kier molecular flexibility index (Phi) is 5.90. The average molecular weight is 377 g/mol. The fourth-order valence-electron chi connectivity index (χ4n) is 2.73. The molecule has 8 heteroatoms. The molecule has 0 saturated carbocycles. The number of rotatable bonds is 6. The first-order valence-corrected chi connectivity index (χ1v) is 8.79. The summed E-state index contributed by atoms with van der Waals surface area (Å²) < 4.78 is 10.3. The summed E-state index contributed by atoms with van der Waals surface area (Å²) in [6.07, 6.45) is 2.32. The Morgan fingerprint density at radius 2 is 2.23 bits per heavy atom. The Hall–Kier alpha value is -2.38. The summed E-state index contributed by atoms with van der Waals surface area (Å²) in [5.74, 6) is 0.669. The molecule has 1 aromatic heterocycles. The van der Waals surface area contributed by atoms with Gasteiger partial charge in [0.2, 0.25) is 5.95 Å². The van der Waals surface area contributed by atoms with Gasteiger partial charge in [-0.1, -0.05) is 11.6 Å². The highest BCUT2D eigenvalue weighted by Crippen LogP contribution is 2.27. The SMILES string of the molecule is COC(=O)c1ccc(Cl)c(Nc2cc(C)nc(NCC3CCCO3)n2)c1. The minimum Gasteiger partial charge on any atom is -0.465 e. The Balaban J connectivity index is 1.75. The predicted molar refractivity (Wildman–Crippen MR) is 100 cm³/mol. The molecule has 1 aliphatic rings. The molecular formula is C18H21ClN4O3. The van der Waals surface area contributed by atoms with Gasteiger partial charge in [0.05, 0.1) is 29.5 Å². The summed E-state index contributed by atoms with van der Waals surface area (Å²) >= 11 is 6.23. The van der Waals surface area contributed by atoms with Crippen molar-refractivity contribution in [3.05, 3.63) is 40.5 Å². The number of halogens is 1. The highest BCUT2D eigenvalue weighted by Gasteiger charge is 2.16. The van der Waals surface area contributed by atoms with Crippen molar-refractivity contribution in [2.75, 3.05) is 30.9 Å². The van der Waals surface area contributed by atoms with Crippen LogP contribution < -0.4 is 10.6 Å². The molecule has 26 heavy (non-hydrogen) atoms. The molecule has 1 atom stereocenters. The first-order chi connectivity index (χ1) is 12.5. The Morgan fingerprint density at radius 3 is 2.96 bits per heavy atom. The third kappa shape index (κ3) is 4.62. The quantitative estimate of drug-likeness (QED) is 0.745. The van der Waals surface area contributed by atoms with E-state index >= 15 is 0 Å². The number of ether oxygens (including phenoxy) is 2. The van der Waals surface area contributed by atoms with E-state index in [1.807, 2.05) is 6.92 Å². The van der Waals surface area contributed by atoms with Crippen LogP contribution in [0.3, 0.4) is 0 Å². The zero-order chi connectivity index (χ0) is 18.5. The molecule has 7 nitrogen and oxygen atoms in total. The minimum atomic E-state index is -0.428. The molecule has 3 rings (SSSR count). The van der Waals surface area contributed by atoms with E-state index in [0.29, 0.717) is 34.6 Å². The highest BCUT2D eigenvalue weighted by molar-refractivity contribution is 6.33. The fraction of sp³-hybridized carbons (Fsp3) is 0.389. The van der Waals surface area contributed by atoms with E-state index in [0.717, 1.165) is 25.1 Å². The van der Waals surface area contributed by atoms with E-state index in [2.05, 4.69) is 20.6 Å². The number of aryl methyl sites for hydroxylation is 1. The van der Waals surface area contributed by atoms with Gasteiger partial charge in [-0.05, 0) is 38.0 Å². The number of methoxy groups -OCH3 is 1. The zero-order valence-corrected chi connectivity index (χ0v) is 15.5. The highest BCUT2D eigenvalue weighted by atomic mass is 35.5. The van der Waals surface area contributed by atoms with E-state index in [4.69, 9.17) is 21.1 Å². The normalized spacial score (nSPS) is 16.3. The number of hydrogen-bond acceptors (Lipinski definition) is 7. The molecule has 1 aromatic carbocycles. The second-order valence-corrected chi connectivity index (χ2v) is 6.45. The van der Waals surface area contributed by atoms with E-state index in [1.165, 1.54) is 7.11 Å². The van der Waals surface area contributed by atoms with Gasteiger partial charge in [0.25, 0.3) is 0 Å². The van der Waals surface area contributed by atoms with Crippen LogP contribution in [-0.4, -0.2) is 42.3 Å². The lowest BCUT2D eigenvalue weighted by Gasteiger charge is -2.13. The minimum absolute atomic E-state index is 0.196. The number of nitrogens with one attached hydrogen (secondary N) is 2. The van der Waals surface area contributed by atoms with Crippen molar-refractivity contribution < 1.29 is 14.3 Å². The molecule has 2 aromatic rings. The standard InChI is InChI=1S/C18H21ClN4O3/c1-11-8-16(23-18(21-11)20-10-13-4-3-7-26-13)22-15-9-12(17(24)25-2)5-6-14(15)19/h5-6,8-9,13H,3-4,7,10H2,1-2H3,(H2,20,21,22,23). The number of anilines is 3. The molecule has 0 bridgehead atoms. The summed E-state index contributed by atoms with van der Waals surface area (Å²) in [6, 6.07) is 6.68. The van der Waals surface area contributed by atoms with Crippen LogP contribution in [0.5, 0.6) is 0 Å². The van der Waals surface area contributed by atoms with Gasteiger partial charge in [-0.25, -0.2) is 9.78 Å². The molecule has 138 valence electrons. The van der Waals surface area contributed by atoms with Crippen LogP contribution in [0.25, 0.3) is 0 Å². The molecule has 1 fully saturated rings. The van der Waals surface area contributed by atoms with Gasteiger partial charge >= 0.3 is 5.97 Å².